The zero-order chi connectivity index (χ0) is 55.3. The standard InChI is InChI=1S/C47H86N6O22/c1-38(54)49-12-16-66-20-24-70-28-32-74-37-35-73-31-27-69-23-19-65-15-10-43(57)53-39(5-7-44(58)59)46(62)50-11-3-2-4-42(56)52-40(6-8-45(60)61)47(63)51-13-17-67-21-25-71-29-33-75-36-34-72-30-26-68-22-18-64-14-9-41(48)55/h39-40H,2-37H2,1H3,(H2,48,55)(H,49,54)(H,50,62)(H,51,63)(H,52,56)(H,53,57)(H,58,59)(H,60,61). The molecule has 0 fully saturated rings. The van der Waals surface area contributed by atoms with Gasteiger partial charge >= 0.3 is 11.9 Å². The van der Waals surface area contributed by atoms with Crippen LogP contribution in [0.3, 0.4) is 0 Å². The summed E-state index contributed by atoms with van der Waals surface area (Å²) in [6, 6.07) is -2.22. The highest BCUT2D eigenvalue weighted by molar-refractivity contribution is 5.89. The maximum absolute atomic E-state index is 12.9. The van der Waals surface area contributed by atoms with E-state index in [0.717, 1.165) is 0 Å². The Morgan fingerprint density at radius 1 is 0.360 bits per heavy atom. The Balaban J connectivity index is 4.12. The molecule has 75 heavy (non-hydrogen) atoms. The van der Waals surface area contributed by atoms with Gasteiger partial charge < -0.3 is 99.4 Å². The molecule has 0 aliphatic carbocycles. The van der Waals surface area contributed by atoms with Gasteiger partial charge in [-0.05, 0) is 25.7 Å². The van der Waals surface area contributed by atoms with Crippen molar-refractivity contribution in [3.05, 3.63) is 0 Å². The average Bonchev–Trinajstić information content (AvgIpc) is 3.36. The second kappa shape index (κ2) is 52.7. The number of hydrogen-bond acceptors (Lipinski definition) is 20. The van der Waals surface area contributed by atoms with Gasteiger partial charge in [0.15, 0.2) is 0 Å². The van der Waals surface area contributed by atoms with Gasteiger partial charge in [-0.3, -0.25) is 38.4 Å². The monoisotopic (exact) mass is 1090 g/mol. The maximum Gasteiger partial charge on any atom is 0.303 e. The highest BCUT2D eigenvalue weighted by Crippen LogP contribution is 2.04. The van der Waals surface area contributed by atoms with Crippen LogP contribution in [0.4, 0.5) is 0 Å². The third kappa shape index (κ3) is 52.5. The summed E-state index contributed by atoms with van der Waals surface area (Å²) in [5.74, 6) is -4.97. The Labute approximate surface area is 439 Å². The van der Waals surface area contributed by atoms with Crippen molar-refractivity contribution in [3.63, 3.8) is 0 Å². The molecule has 2 unspecified atom stereocenters. The van der Waals surface area contributed by atoms with Crippen LogP contribution in [0, 0.1) is 0 Å². The number of nitrogens with one attached hydrogen (secondary N) is 5. The second-order valence-electron chi connectivity index (χ2n) is 15.9. The van der Waals surface area contributed by atoms with Gasteiger partial charge in [-0.25, -0.2) is 0 Å². The van der Waals surface area contributed by atoms with Crippen molar-refractivity contribution in [2.75, 3.05) is 178 Å². The van der Waals surface area contributed by atoms with Crippen LogP contribution in [0.15, 0.2) is 0 Å². The number of ether oxygens (including phenoxy) is 12. The van der Waals surface area contributed by atoms with Gasteiger partial charge in [0.2, 0.25) is 35.4 Å². The van der Waals surface area contributed by atoms with Crippen molar-refractivity contribution in [1.29, 1.82) is 0 Å². The summed E-state index contributed by atoms with van der Waals surface area (Å²) in [6.07, 6.45) is -0.331. The van der Waals surface area contributed by atoms with Crippen LogP contribution in [0.5, 0.6) is 0 Å². The van der Waals surface area contributed by atoms with Crippen LogP contribution in [0.1, 0.15) is 64.7 Å². The van der Waals surface area contributed by atoms with Crippen molar-refractivity contribution in [3.8, 4) is 0 Å². The molecule has 0 saturated carbocycles. The highest BCUT2D eigenvalue weighted by atomic mass is 16.6. The quantitative estimate of drug-likeness (QED) is 0.0297. The van der Waals surface area contributed by atoms with Gasteiger partial charge in [-0.2, -0.15) is 0 Å². The fraction of sp³-hybridized carbons (Fsp3) is 0.830. The van der Waals surface area contributed by atoms with Crippen molar-refractivity contribution >= 4 is 47.4 Å². The van der Waals surface area contributed by atoms with Crippen molar-refractivity contribution in [2.24, 2.45) is 5.73 Å². The zero-order valence-corrected chi connectivity index (χ0v) is 43.7. The second-order valence-corrected chi connectivity index (χ2v) is 15.9. The largest absolute Gasteiger partial charge is 0.481 e. The van der Waals surface area contributed by atoms with Crippen LogP contribution < -0.4 is 32.3 Å². The van der Waals surface area contributed by atoms with Crippen LogP contribution in [-0.2, 0) is 95.2 Å². The number of nitrogens with two attached hydrogens (primary N) is 1. The lowest BCUT2D eigenvalue weighted by atomic mass is 10.1. The predicted octanol–water partition coefficient (Wildman–Crippen LogP) is -2.31. The Bertz CT molecular complexity index is 1500. The minimum Gasteiger partial charge on any atom is -0.481 e. The summed E-state index contributed by atoms with van der Waals surface area (Å²) in [5.41, 5.74) is 5.03. The van der Waals surface area contributed by atoms with Crippen LogP contribution >= 0.6 is 0 Å². The normalized spacial score (nSPS) is 11.9. The van der Waals surface area contributed by atoms with Gasteiger partial charge in [0.05, 0.1) is 159 Å². The summed E-state index contributed by atoms with van der Waals surface area (Å²) in [5, 5.41) is 31.4. The Morgan fingerprint density at radius 3 is 0.987 bits per heavy atom. The molecule has 9 N–H and O–H groups in total. The zero-order valence-electron chi connectivity index (χ0n) is 43.7. The van der Waals surface area contributed by atoms with Crippen LogP contribution in [0.2, 0.25) is 0 Å². The van der Waals surface area contributed by atoms with Crippen LogP contribution in [0.25, 0.3) is 0 Å². The minimum absolute atomic E-state index is 0.0297. The number of hydrogen-bond donors (Lipinski definition) is 8. The SMILES string of the molecule is CC(=O)NCCOCCOCCOCCOCCOCCOCCC(=O)NC(CCC(=O)O)C(=O)NCCCCC(=O)NC(CCC(=O)O)C(=O)NCCOCCOCCOCCOCCOCCOCCC(N)=O. The van der Waals surface area contributed by atoms with Crippen molar-refractivity contribution in [2.45, 2.75) is 76.8 Å². The number of carbonyl (C=O) groups excluding carboxylic acids is 6. The lowest BCUT2D eigenvalue weighted by Gasteiger charge is -2.19. The molecule has 0 bridgehead atoms. The average molecular weight is 1090 g/mol. The van der Waals surface area contributed by atoms with Gasteiger partial charge in [0.1, 0.15) is 12.1 Å². The van der Waals surface area contributed by atoms with E-state index >= 15 is 0 Å². The first-order chi connectivity index (χ1) is 36.3. The van der Waals surface area contributed by atoms with Gasteiger partial charge in [-0.15, -0.1) is 0 Å². The van der Waals surface area contributed by atoms with E-state index in [4.69, 9.17) is 72.8 Å². The lowest BCUT2D eigenvalue weighted by Crippen LogP contribution is -2.48. The summed E-state index contributed by atoms with van der Waals surface area (Å²) < 4.78 is 64.7. The molecule has 0 aliphatic heterocycles. The maximum atomic E-state index is 12.9. The molecular formula is C47H86N6O22. The smallest absolute Gasteiger partial charge is 0.303 e. The number of rotatable bonds is 57. The molecule has 0 aromatic rings. The van der Waals surface area contributed by atoms with Crippen molar-refractivity contribution in [1.82, 2.24) is 26.6 Å². The number of unbranched alkanes of at least 4 members (excludes halogenated alkanes) is 1. The molecule has 0 saturated heterocycles. The molecule has 28 nitrogen and oxygen atoms in total. The Hall–Kier alpha value is -4.72. The summed E-state index contributed by atoms with van der Waals surface area (Å²) >= 11 is 0. The first-order valence-corrected chi connectivity index (χ1v) is 25.3. The Kier molecular flexibility index (Phi) is 49.4. The summed E-state index contributed by atoms with van der Waals surface area (Å²) in [6.45, 7) is 10.1. The molecule has 0 radical (unpaired) electrons. The first-order valence-electron chi connectivity index (χ1n) is 25.3. The fourth-order valence-corrected chi connectivity index (χ4v) is 5.76. The molecule has 0 aromatic carbocycles. The van der Waals surface area contributed by atoms with Crippen molar-refractivity contribution < 1.29 is 105 Å². The topological polar surface area (TPSA) is 374 Å². The molecule has 0 heterocycles. The number of carboxylic acid groups (broad SMARTS) is 2. The number of carboxylic acids is 2. The highest BCUT2D eigenvalue weighted by Gasteiger charge is 2.23. The Morgan fingerprint density at radius 2 is 0.653 bits per heavy atom. The molecule has 0 aromatic heterocycles. The minimum atomic E-state index is -1.14. The number of aliphatic carboxylic acids is 2. The van der Waals surface area contributed by atoms with E-state index in [1.165, 1.54) is 6.92 Å². The van der Waals surface area contributed by atoms with E-state index in [0.29, 0.717) is 132 Å². The molecule has 6 amide bonds. The predicted molar refractivity (Wildman–Crippen MR) is 264 cm³/mol. The molecule has 0 rings (SSSR count). The van der Waals surface area contributed by atoms with E-state index in [2.05, 4.69) is 26.6 Å². The number of amides is 6. The third-order valence-corrected chi connectivity index (χ3v) is 9.58. The van der Waals surface area contributed by atoms with E-state index in [1.807, 2.05) is 0 Å². The molecular weight excluding hydrogens is 1000 g/mol. The molecule has 436 valence electrons. The lowest BCUT2D eigenvalue weighted by molar-refractivity contribution is -0.139. The van der Waals surface area contributed by atoms with Gasteiger partial charge in [-0.1, -0.05) is 0 Å². The number of primary amides is 1. The summed E-state index contributed by atoms with van der Waals surface area (Å²) in [4.78, 5) is 94.8. The molecule has 0 spiro atoms. The summed E-state index contributed by atoms with van der Waals surface area (Å²) in [7, 11) is 0. The molecule has 2 atom stereocenters. The van der Waals surface area contributed by atoms with Gasteiger partial charge in [0, 0.05) is 58.7 Å². The number of carbonyl (C=O) groups is 8. The fourth-order valence-electron chi connectivity index (χ4n) is 5.76. The van der Waals surface area contributed by atoms with Crippen LogP contribution in [-0.4, -0.2) is 248 Å². The first kappa shape index (κ1) is 70.3. The van der Waals surface area contributed by atoms with E-state index in [-0.39, 0.29) is 110 Å². The van der Waals surface area contributed by atoms with E-state index in [1.54, 1.807) is 0 Å². The van der Waals surface area contributed by atoms with Gasteiger partial charge in [0.25, 0.3) is 0 Å². The molecule has 28 heteroatoms. The third-order valence-electron chi connectivity index (χ3n) is 9.58. The van der Waals surface area contributed by atoms with E-state index in [9.17, 15) is 38.4 Å². The molecule has 0 aliphatic rings. The van der Waals surface area contributed by atoms with E-state index < -0.39 is 53.6 Å².